The van der Waals surface area contributed by atoms with E-state index in [1.54, 1.807) is 0 Å². The standard InChI is InChI=1S/C49H61F2N7O10/c1-47(2,3)68-46(59)57-32-6-7-33(57)25-56(24-32)44-36-23-38(58(60)61)40(35-22-34(67-30-62-4)21-31-5-8-37(50)41(51)39(31)35)43(65-28-48(9-10-48)26-54-13-17-63-18-14-54)42(36)52-45(53-44)66-29-49(11-12-49)27-55-15-19-64-20-16-55/h5,8,21-23,32-33H,6-7,9-20,24-30H2,1-4H3/t32-,33+. The van der Waals surface area contributed by atoms with Crippen molar-refractivity contribution < 1.29 is 51.7 Å². The van der Waals surface area contributed by atoms with Gasteiger partial charge in [0.25, 0.3) is 5.69 Å². The van der Waals surface area contributed by atoms with Crippen LogP contribution in [0, 0.1) is 32.6 Å². The van der Waals surface area contributed by atoms with E-state index in [0.29, 0.717) is 57.3 Å². The van der Waals surface area contributed by atoms with Crippen molar-refractivity contribution in [3.63, 3.8) is 0 Å². The molecular formula is C49H61F2N7O10. The van der Waals surface area contributed by atoms with Gasteiger partial charge in [0.05, 0.1) is 62.0 Å². The van der Waals surface area contributed by atoms with Crippen LogP contribution in [-0.4, -0.2) is 159 Å². The molecule has 1 aromatic heterocycles. The number of halogens is 2. The third-order valence-corrected chi connectivity index (χ3v) is 14.3. The third kappa shape index (κ3) is 9.69. The minimum absolute atomic E-state index is 0.0127. The fourth-order valence-corrected chi connectivity index (χ4v) is 10.5. The fourth-order valence-electron chi connectivity index (χ4n) is 10.5. The van der Waals surface area contributed by atoms with Gasteiger partial charge in [0, 0.05) is 87.3 Å². The van der Waals surface area contributed by atoms with E-state index in [9.17, 15) is 14.9 Å². The highest BCUT2D eigenvalue weighted by Crippen LogP contribution is 2.53. The average Bonchev–Trinajstić information content (AvgIpc) is 4.25. The van der Waals surface area contributed by atoms with Gasteiger partial charge in [-0.3, -0.25) is 24.8 Å². The van der Waals surface area contributed by atoms with Crippen molar-refractivity contribution >= 4 is 39.3 Å². The molecule has 2 aliphatic carbocycles. The SMILES string of the molecule is COCOc1cc(-c2c([N+](=O)[O-])cc3c(N4C[C@H]5CC[C@@H](C4)N5C(=O)OC(C)(C)C)nc(OCC4(CN5CCOCC5)CC4)nc3c2OCC2(CN3CCOCC3)CC2)c2c(F)c(F)ccc2c1. The highest BCUT2D eigenvalue weighted by Gasteiger charge is 2.48. The van der Waals surface area contributed by atoms with Crippen molar-refractivity contribution in [2.75, 3.05) is 111 Å². The van der Waals surface area contributed by atoms with Crippen molar-refractivity contribution in [3.8, 4) is 28.6 Å². The first kappa shape index (κ1) is 46.5. The van der Waals surface area contributed by atoms with Crippen LogP contribution in [0.3, 0.4) is 0 Å². The number of anilines is 1. The predicted octanol–water partition coefficient (Wildman–Crippen LogP) is 7.19. The minimum Gasteiger partial charge on any atom is -0.490 e. The number of nitro benzene ring substituents is 1. The molecule has 4 aliphatic heterocycles. The number of benzene rings is 3. The van der Waals surface area contributed by atoms with Gasteiger partial charge in [-0.15, -0.1) is 0 Å². The summed E-state index contributed by atoms with van der Waals surface area (Å²) in [6.45, 7) is 14.0. The second-order valence-electron chi connectivity index (χ2n) is 20.6. The fraction of sp³-hybridized carbons (Fsp3) is 0.612. The van der Waals surface area contributed by atoms with Gasteiger partial charge in [-0.25, -0.2) is 13.6 Å². The molecule has 19 heteroatoms. The molecule has 17 nitrogen and oxygen atoms in total. The molecule has 2 atom stereocenters. The Morgan fingerprint density at radius 1 is 0.868 bits per heavy atom. The number of hydrogen-bond acceptors (Lipinski definition) is 15. The molecule has 2 bridgehead atoms. The maximum Gasteiger partial charge on any atom is 0.410 e. The third-order valence-electron chi connectivity index (χ3n) is 14.3. The van der Waals surface area contributed by atoms with Crippen molar-refractivity contribution in [2.24, 2.45) is 10.8 Å². The number of piperazine rings is 1. The van der Waals surface area contributed by atoms with Crippen molar-refractivity contribution in [2.45, 2.75) is 77.0 Å². The molecule has 1 amide bonds. The van der Waals surface area contributed by atoms with Gasteiger partial charge in [0.1, 0.15) is 28.2 Å². The molecule has 0 radical (unpaired) electrons. The summed E-state index contributed by atoms with van der Waals surface area (Å²) in [6, 6.07) is 6.44. The van der Waals surface area contributed by atoms with Crippen LogP contribution in [0.25, 0.3) is 32.8 Å². The lowest BCUT2D eigenvalue weighted by molar-refractivity contribution is -0.384. The second-order valence-corrected chi connectivity index (χ2v) is 20.6. The molecule has 4 aromatic rings. The van der Waals surface area contributed by atoms with Gasteiger partial charge in [-0.1, -0.05) is 6.07 Å². The molecular weight excluding hydrogens is 885 g/mol. The number of fused-ring (bicyclic) bond motifs is 4. The van der Waals surface area contributed by atoms with E-state index in [2.05, 4.69) is 14.7 Å². The summed E-state index contributed by atoms with van der Waals surface area (Å²) in [4.78, 5) is 45.5. The quantitative estimate of drug-likeness (QED) is 0.0630. The number of nitrogens with zero attached hydrogens (tertiary/aromatic N) is 7. The zero-order chi connectivity index (χ0) is 47.4. The van der Waals surface area contributed by atoms with Gasteiger partial charge >= 0.3 is 12.1 Å². The Balaban J connectivity index is 1.14. The molecule has 0 unspecified atom stereocenters. The Kier molecular flexibility index (Phi) is 12.7. The number of ether oxygens (including phenoxy) is 7. The van der Waals surface area contributed by atoms with Crippen molar-refractivity contribution in [1.29, 1.82) is 0 Å². The number of carbonyl (C=O) groups excluding carboxylic acids is 1. The van der Waals surface area contributed by atoms with E-state index in [0.717, 1.165) is 83.9 Å². The highest BCUT2D eigenvalue weighted by molar-refractivity contribution is 6.08. The number of nitro groups is 1. The molecule has 4 saturated heterocycles. The molecule has 6 fully saturated rings. The van der Waals surface area contributed by atoms with Crippen LogP contribution in [0.4, 0.5) is 25.1 Å². The smallest absolute Gasteiger partial charge is 0.410 e. The lowest BCUT2D eigenvalue weighted by atomic mass is 9.93. The largest absolute Gasteiger partial charge is 0.490 e. The predicted molar refractivity (Wildman–Crippen MR) is 247 cm³/mol. The highest BCUT2D eigenvalue weighted by atomic mass is 19.2. The van der Waals surface area contributed by atoms with Crippen LogP contribution in [0.2, 0.25) is 0 Å². The number of methoxy groups -OCH3 is 1. The molecule has 3 aromatic carbocycles. The first-order chi connectivity index (χ1) is 32.7. The molecule has 10 rings (SSSR count). The zero-order valence-electron chi connectivity index (χ0n) is 39.4. The molecule has 2 saturated carbocycles. The van der Waals surface area contributed by atoms with E-state index < -0.39 is 27.8 Å². The van der Waals surface area contributed by atoms with Crippen LogP contribution in [-0.2, 0) is 18.9 Å². The van der Waals surface area contributed by atoms with E-state index in [4.69, 9.17) is 43.1 Å². The van der Waals surface area contributed by atoms with Crippen LogP contribution in [0.1, 0.15) is 59.3 Å². The van der Waals surface area contributed by atoms with Gasteiger partial charge in [0.2, 0.25) is 0 Å². The Bertz CT molecular complexity index is 2550. The van der Waals surface area contributed by atoms with E-state index >= 15 is 8.78 Å². The molecule has 5 heterocycles. The Morgan fingerprint density at radius 2 is 1.49 bits per heavy atom. The van der Waals surface area contributed by atoms with E-state index in [-0.39, 0.29) is 87.3 Å². The minimum atomic E-state index is -1.18. The van der Waals surface area contributed by atoms with Gasteiger partial charge in [-0.2, -0.15) is 9.97 Å². The molecule has 366 valence electrons. The Morgan fingerprint density at radius 3 is 2.06 bits per heavy atom. The number of morpholine rings is 2. The summed E-state index contributed by atoms with van der Waals surface area (Å²) >= 11 is 0. The van der Waals surface area contributed by atoms with E-state index in [1.807, 2.05) is 25.7 Å². The number of rotatable bonds is 16. The van der Waals surface area contributed by atoms with Crippen LogP contribution in [0.5, 0.6) is 17.5 Å². The number of carbonyl (C=O) groups is 1. The number of aromatic nitrogens is 2. The number of hydrogen-bond donors (Lipinski definition) is 0. The monoisotopic (exact) mass is 945 g/mol. The summed E-state index contributed by atoms with van der Waals surface area (Å²) in [5.74, 6) is -1.67. The van der Waals surface area contributed by atoms with Gasteiger partial charge in [-0.05, 0) is 82.9 Å². The normalized spacial score (nSPS) is 22.4. The zero-order valence-corrected chi connectivity index (χ0v) is 39.4. The summed E-state index contributed by atoms with van der Waals surface area (Å²) in [5.41, 5.74) is -1.38. The van der Waals surface area contributed by atoms with Crippen LogP contribution in [0.15, 0.2) is 30.3 Å². The summed E-state index contributed by atoms with van der Waals surface area (Å²) in [7, 11) is 1.45. The van der Waals surface area contributed by atoms with Crippen molar-refractivity contribution in [3.05, 3.63) is 52.1 Å². The van der Waals surface area contributed by atoms with Gasteiger partial charge < -0.3 is 38.1 Å². The first-order valence-electron chi connectivity index (χ1n) is 23.9. The second kappa shape index (κ2) is 18.6. The molecule has 6 aliphatic rings. The lowest BCUT2D eigenvalue weighted by Gasteiger charge is -2.42. The maximum absolute atomic E-state index is 16.4. The van der Waals surface area contributed by atoms with Crippen LogP contribution < -0.4 is 19.1 Å². The summed E-state index contributed by atoms with van der Waals surface area (Å²) in [5, 5.41) is 14.0. The molecule has 68 heavy (non-hydrogen) atoms. The Hall–Kier alpha value is -5.21. The van der Waals surface area contributed by atoms with Gasteiger partial charge in [0.15, 0.2) is 24.2 Å². The van der Waals surface area contributed by atoms with E-state index in [1.165, 1.54) is 31.4 Å². The molecule has 0 N–H and O–H groups in total. The summed E-state index contributed by atoms with van der Waals surface area (Å²) in [6.07, 6.45) is 4.74. The topological polar surface area (TPSA) is 164 Å². The molecule has 0 spiro atoms. The number of amides is 1. The van der Waals surface area contributed by atoms with Crippen LogP contribution >= 0.6 is 0 Å². The summed E-state index contributed by atoms with van der Waals surface area (Å²) < 4.78 is 73.6. The maximum atomic E-state index is 16.4. The Labute approximate surface area is 394 Å². The first-order valence-corrected chi connectivity index (χ1v) is 23.9. The lowest BCUT2D eigenvalue weighted by Crippen LogP contribution is -2.57. The average molecular weight is 946 g/mol. The van der Waals surface area contributed by atoms with Crippen molar-refractivity contribution in [1.82, 2.24) is 24.7 Å².